The Morgan fingerprint density at radius 1 is 1.14 bits per heavy atom. The average Bonchev–Trinajstić information content (AvgIpc) is 2.74. The summed E-state index contributed by atoms with van der Waals surface area (Å²) in [7, 11) is 0. The number of likely N-dealkylation sites (tertiary alicyclic amines) is 1. The molecular formula is C23H29N3O3. The van der Waals surface area contributed by atoms with Gasteiger partial charge in [0.1, 0.15) is 12.7 Å². The van der Waals surface area contributed by atoms with Gasteiger partial charge in [-0.15, -0.1) is 0 Å². The SMILES string of the molecule is C[C@H](NC(=O)N[C@H]1CCCN(C[C@H]2COc3ccccc3O2)C1)c1ccccc1. The van der Waals surface area contributed by atoms with Gasteiger partial charge in [0.25, 0.3) is 0 Å². The summed E-state index contributed by atoms with van der Waals surface area (Å²) in [6.45, 7) is 5.20. The van der Waals surface area contributed by atoms with Gasteiger partial charge in [-0.25, -0.2) is 4.79 Å². The van der Waals surface area contributed by atoms with E-state index in [1.54, 1.807) is 0 Å². The molecule has 0 unspecified atom stereocenters. The Kier molecular flexibility index (Phi) is 6.20. The van der Waals surface area contributed by atoms with Crippen LogP contribution in [0.15, 0.2) is 54.6 Å². The highest BCUT2D eigenvalue weighted by Crippen LogP contribution is 2.31. The van der Waals surface area contributed by atoms with Gasteiger partial charge in [0.2, 0.25) is 0 Å². The van der Waals surface area contributed by atoms with E-state index in [1.807, 2.05) is 61.5 Å². The number of carbonyl (C=O) groups is 1. The van der Waals surface area contributed by atoms with E-state index in [2.05, 4.69) is 15.5 Å². The molecule has 2 aromatic carbocycles. The number of benzene rings is 2. The zero-order valence-electron chi connectivity index (χ0n) is 16.8. The molecule has 0 radical (unpaired) electrons. The number of fused-ring (bicyclic) bond motifs is 1. The Bertz CT molecular complexity index is 814. The van der Waals surface area contributed by atoms with Gasteiger partial charge in [0.15, 0.2) is 11.5 Å². The first-order valence-corrected chi connectivity index (χ1v) is 10.4. The van der Waals surface area contributed by atoms with Crippen LogP contribution in [-0.4, -0.2) is 49.3 Å². The molecule has 2 aliphatic rings. The van der Waals surface area contributed by atoms with Crippen LogP contribution in [0.25, 0.3) is 0 Å². The van der Waals surface area contributed by atoms with Crippen molar-refractivity contribution in [3.8, 4) is 11.5 Å². The lowest BCUT2D eigenvalue weighted by molar-refractivity contribution is 0.0492. The van der Waals surface area contributed by atoms with Gasteiger partial charge >= 0.3 is 6.03 Å². The number of rotatable bonds is 5. The van der Waals surface area contributed by atoms with Crippen LogP contribution >= 0.6 is 0 Å². The topological polar surface area (TPSA) is 62.8 Å². The van der Waals surface area contributed by atoms with Crippen molar-refractivity contribution in [2.75, 3.05) is 26.2 Å². The normalized spacial score (nSPS) is 22.5. The summed E-state index contributed by atoms with van der Waals surface area (Å²) in [5, 5.41) is 6.18. The maximum atomic E-state index is 12.4. The predicted octanol–water partition coefficient (Wildman–Crippen LogP) is 3.35. The van der Waals surface area contributed by atoms with Gasteiger partial charge in [-0.1, -0.05) is 42.5 Å². The number of hydrogen-bond acceptors (Lipinski definition) is 4. The van der Waals surface area contributed by atoms with E-state index in [9.17, 15) is 4.79 Å². The van der Waals surface area contributed by atoms with Crippen molar-refractivity contribution in [3.63, 3.8) is 0 Å². The van der Waals surface area contributed by atoms with Gasteiger partial charge in [-0.2, -0.15) is 0 Å². The second-order valence-electron chi connectivity index (χ2n) is 7.85. The lowest BCUT2D eigenvalue weighted by Crippen LogP contribution is -2.53. The van der Waals surface area contributed by atoms with Crippen LogP contribution < -0.4 is 20.1 Å². The van der Waals surface area contributed by atoms with Crippen molar-refractivity contribution in [1.29, 1.82) is 0 Å². The molecule has 0 aromatic heterocycles. The van der Waals surface area contributed by atoms with Crippen LogP contribution in [-0.2, 0) is 0 Å². The number of hydrogen-bond donors (Lipinski definition) is 2. The molecule has 0 saturated carbocycles. The Morgan fingerprint density at radius 3 is 2.72 bits per heavy atom. The van der Waals surface area contributed by atoms with Crippen molar-refractivity contribution in [1.82, 2.24) is 15.5 Å². The largest absolute Gasteiger partial charge is 0.486 e. The fourth-order valence-electron chi connectivity index (χ4n) is 4.03. The molecule has 2 amide bonds. The summed E-state index contributed by atoms with van der Waals surface area (Å²) in [4.78, 5) is 14.8. The fraction of sp³-hybridized carbons (Fsp3) is 0.435. The number of nitrogens with one attached hydrogen (secondary N) is 2. The number of nitrogens with zero attached hydrogens (tertiary/aromatic N) is 1. The van der Waals surface area contributed by atoms with Crippen LogP contribution in [0.3, 0.4) is 0 Å². The molecule has 0 spiro atoms. The van der Waals surface area contributed by atoms with Gasteiger partial charge in [0, 0.05) is 19.1 Å². The van der Waals surface area contributed by atoms with Gasteiger partial charge < -0.3 is 20.1 Å². The molecule has 0 bridgehead atoms. The quantitative estimate of drug-likeness (QED) is 0.815. The number of para-hydroxylation sites is 2. The minimum absolute atomic E-state index is 0.00980. The van der Waals surface area contributed by atoms with Crippen molar-refractivity contribution >= 4 is 6.03 Å². The highest BCUT2D eigenvalue weighted by atomic mass is 16.6. The fourth-order valence-corrected chi connectivity index (χ4v) is 4.03. The van der Waals surface area contributed by atoms with Crippen LogP contribution in [0.1, 0.15) is 31.4 Å². The maximum Gasteiger partial charge on any atom is 0.315 e. The molecule has 4 rings (SSSR count). The van der Waals surface area contributed by atoms with Gasteiger partial charge in [-0.05, 0) is 44.0 Å². The zero-order chi connectivity index (χ0) is 20.1. The van der Waals surface area contributed by atoms with Crippen molar-refractivity contribution < 1.29 is 14.3 Å². The molecule has 154 valence electrons. The van der Waals surface area contributed by atoms with Crippen molar-refractivity contribution in [2.45, 2.75) is 38.0 Å². The highest BCUT2D eigenvalue weighted by Gasteiger charge is 2.27. The molecule has 3 atom stereocenters. The van der Waals surface area contributed by atoms with Crippen LogP contribution in [0.4, 0.5) is 4.79 Å². The summed E-state index contributed by atoms with van der Waals surface area (Å²) in [5.41, 5.74) is 1.10. The molecule has 0 aliphatic carbocycles. The monoisotopic (exact) mass is 395 g/mol. The third-order valence-corrected chi connectivity index (χ3v) is 5.52. The van der Waals surface area contributed by atoms with Crippen LogP contribution in [0, 0.1) is 0 Å². The number of urea groups is 1. The van der Waals surface area contributed by atoms with Crippen LogP contribution in [0.2, 0.25) is 0 Å². The Morgan fingerprint density at radius 2 is 1.90 bits per heavy atom. The predicted molar refractivity (Wildman–Crippen MR) is 112 cm³/mol. The summed E-state index contributed by atoms with van der Waals surface area (Å²) < 4.78 is 11.9. The number of ether oxygens (including phenoxy) is 2. The molecule has 1 fully saturated rings. The second-order valence-corrected chi connectivity index (χ2v) is 7.85. The lowest BCUT2D eigenvalue weighted by atomic mass is 10.1. The van der Waals surface area contributed by atoms with Crippen molar-refractivity contribution in [3.05, 3.63) is 60.2 Å². The standard InChI is InChI=1S/C23H29N3O3/c1-17(18-8-3-2-4-9-18)24-23(27)25-19-10-7-13-26(14-19)15-20-16-28-21-11-5-6-12-22(21)29-20/h2-6,8-9,11-12,17,19-20H,7,10,13-16H2,1H3,(H2,24,25,27)/t17-,19-,20-/m0/s1. The van der Waals surface area contributed by atoms with Crippen LogP contribution in [0.5, 0.6) is 11.5 Å². The number of amides is 2. The molecule has 29 heavy (non-hydrogen) atoms. The van der Waals surface area contributed by atoms with E-state index in [-0.39, 0.29) is 24.2 Å². The first-order chi connectivity index (χ1) is 14.2. The Labute approximate surface area is 172 Å². The minimum Gasteiger partial charge on any atom is -0.486 e. The van der Waals surface area contributed by atoms with Gasteiger partial charge in [0.05, 0.1) is 6.04 Å². The smallest absolute Gasteiger partial charge is 0.315 e. The molecule has 2 aliphatic heterocycles. The molecule has 1 saturated heterocycles. The highest BCUT2D eigenvalue weighted by molar-refractivity contribution is 5.74. The second kappa shape index (κ2) is 9.18. The Balaban J connectivity index is 1.25. The average molecular weight is 396 g/mol. The number of piperidine rings is 1. The lowest BCUT2D eigenvalue weighted by Gasteiger charge is -2.36. The van der Waals surface area contributed by atoms with E-state index in [1.165, 1.54) is 0 Å². The third kappa shape index (κ3) is 5.21. The van der Waals surface area contributed by atoms with E-state index in [0.29, 0.717) is 6.61 Å². The maximum absolute atomic E-state index is 12.4. The summed E-state index contributed by atoms with van der Waals surface area (Å²) >= 11 is 0. The molecule has 2 heterocycles. The Hall–Kier alpha value is -2.73. The zero-order valence-corrected chi connectivity index (χ0v) is 16.8. The van der Waals surface area contributed by atoms with E-state index < -0.39 is 0 Å². The van der Waals surface area contributed by atoms with Gasteiger partial charge in [-0.3, -0.25) is 4.90 Å². The van der Waals surface area contributed by atoms with E-state index in [4.69, 9.17) is 9.47 Å². The summed E-state index contributed by atoms with van der Waals surface area (Å²) in [6.07, 6.45) is 2.06. The first kappa shape index (κ1) is 19.6. The molecular weight excluding hydrogens is 366 g/mol. The molecule has 6 nitrogen and oxygen atoms in total. The summed E-state index contributed by atoms with van der Waals surface area (Å²) in [6, 6.07) is 17.8. The van der Waals surface area contributed by atoms with E-state index in [0.717, 1.165) is 49.5 Å². The van der Waals surface area contributed by atoms with Crippen molar-refractivity contribution in [2.24, 2.45) is 0 Å². The molecule has 6 heteroatoms. The van der Waals surface area contributed by atoms with E-state index >= 15 is 0 Å². The summed E-state index contributed by atoms with van der Waals surface area (Å²) in [5.74, 6) is 1.62. The number of carbonyl (C=O) groups excluding carboxylic acids is 1. The third-order valence-electron chi connectivity index (χ3n) is 5.52. The minimum atomic E-state index is -0.112. The first-order valence-electron chi connectivity index (χ1n) is 10.4. The molecule has 2 N–H and O–H groups in total. The molecule has 2 aromatic rings.